The highest BCUT2D eigenvalue weighted by Crippen LogP contribution is 2.37. The Kier molecular flexibility index (Phi) is 7.83. The fourth-order valence-corrected chi connectivity index (χ4v) is 8.53. The van der Waals surface area contributed by atoms with Gasteiger partial charge < -0.3 is 4.74 Å². The van der Waals surface area contributed by atoms with Crippen LogP contribution in [0.5, 0.6) is 5.75 Å². The van der Waals surface area contributed by atoms with Gasteiger partial charge in [-0.1, -0.05) is 59.3 Å². The van der Waals surface area contributed by atoms with E-state index < -0.39 is 10.0 Å². The number of nitrogens with zero attached hydrogens (tertiary/aromatic N) is 3. The normalized spacial score (nSPS) is 15.2. The Balaban J connectivity index is 1.39. The van der Waals surface area contributed by atoms with Gasteiger partial charge in [-0.2, -0.15) is 4.31 Å². The molecular formula is C26H26ClN3O4S3. The Morgan fingerprint density at radius 1 is 1.08 bits per heavy atom. The first-order valence-corrected chi connectivity index (χ1v) is 15.4. The van der Waals surface area contributed by atoms with Crippen LogP contribution in [-0.4, -0.2) is 43.3 Å². The highest BCUT2D eigenvalue weighted by atomic mass is 35.5. The second-order valence-electron chi connectivity index (χ2n) is 8.68. The molecule has 1 fully saturated rings. The fourth-order valence-electron chi connectivity index (χ4n) is 4.43. The van der Waals surface area contributed by atoms with Gasteiger partial charge in [-0.3, -0.25) is 9.69 Å². The molecule has 3 heterocycles. The number of thiazole rings is 1. The van der Waals surface area contributed by atoms with Crippen molar-refractivity contribution >= 4 is 65.6 Å². The zero-order valence-electron chi connectivity index (χ0n) is 20.2. The van der Waals surface area contributed by atoms with Crippen LogP contribution in [0.2, 0.25) is 4.34 Å². The number of benzene rings is 2. The summed E-state index contributed by atoms with van der Waals surface area (Å²) in [4.78, 5) is 20.5. The number of rotatable bonds is 8. The zero-order chi connectivity index (χ0) is 26.0. The predicted molar refractivity (Wildman–Crippen MR) is 149 cm³/mol. The number of halogens is 1. The van der Waals surface area contributed by atoms with Crippen molar-refractivity contribution in [1.82, 2.24) is 9.29 Å². The van der Waals surface area contributed by atoms with Gasteiger partial charge >= 0.3 is 0 Å². The number of hydrogen-bond donors (Lipinski definition) is 0. The molecule has 1 amide bonds. The number of amides is 1. The van der Waals surface area contributed by atoms with Crippen LogP contribution in [-0.2, 0) is 21.4 Å². The van der Waals surface area contributed by atoms with E-state index in [0.29, 0.717) is 41.2 Å². The van der Waals surface area contributed by atoms with Crippen LogP contribution in [0.15, 0.2) is 64.9 Å². The van der Waals surface area contributed by atoms with Crippen molar-refractivity contribution in [2.24, 2.45) is 5.92 Å². The van der Waals surface area contributed by atoms with Crippen LogP contribution in [0.4, 0.5) is 5.13 Å². The summed E-state index contributed by atoms with van der Waals surface area (Å²) in [7, 11) is -3.62. The van der Waals surface area contributed by atoms with Gasteiger partial charge in [-0.05, 0) is 49.6 Å². The van der Waals surface area contributed by atoms with Crippen LogP contribution >= 0.6 is 34.3 Å². The van der Waals surface area contributed by atoms with Crippen LogP contribution < -0.4 is 9.64 Å². The minimum absolute atomic E-state index is 0.0444. The van der Waals surface area contributed by atoms with Crippen molar-refractivity contribution in [1.29, 1.82) is 0 Å². The van der Waals surface area contributed by atoms with Crippen LogP contribution in [0.1, 0.15) is 25.3 Å². The molecular weight excluding hydrogens is 550 g/mol. The van der Waals surface area contributed by atoms with Crippen molar-refractivity contribution < 1.29 is 17.9 Å². The third-order valence-electron chi connectivity index (χ3n) is 6.30. The van der Waals surface area contributed by atoms with E-state index in [4.69, 9.17) is 21.3 Å². The van der Waals surface area contributed by atoms with Gasteiger partial charge in [0, 0.05) is 19.0 Å². The van der Waals surface area contributed by atoms with Crippen LogP contribution in [0.25, 0.3) is 10.2 Å². The van der Waals surface area contributed by atoms with Gasteiger partial charge in [0.2, 0.25) is 5.91 Å². The Morgan fingerprint density at radius 3 is 2.51 bits per heavy atom. The first kappa shape index (κ1) is 26.1. The quantitative estimate of drug-likeness (QED) is 0.256. The minimum atomic E-state index is -3.62. The fraction of sp³-hybridized carbons (Fsp3) is 0.308. The van der Waals surface area contributed by atoms with Crippen LogP contribution in [0.3, 0.4) is 0 Å². The van der Waals surface area contributed by atoms with E-state index in [2.05, 4.69) is 0 Å². The number of piperidine rings is 1. The Hall–Kier alpha value is -2.50. The first-order chi connectivity index (χ1) is 17.9. The van der Waals surface area contributed by atoms with Crippen molar-refractivity contribution in [3.63, 3.8) is 0 Å². The molecule has 1 saturated heterocycles. The van der Waals surface area contributed by atoms with Gasteiger partial charge in [-0.15, -0.1) is 11.3 Å². The highest BCUT2D eigenvalue weighted by Gasteiger charge is 2.35. The lowest BCUT2D eigenvalue weighted by atomic mass is 9.96. The molecule has 1 aliphatic rings. The second-order valence-corrected chi connectivity index (χ2v) is 13.6. The standard InChI is InChI=1S/C26H26ClN3O4S3/c1-2-34-20-9-6-10-21-24(20)28-26(35-21)30(17-18-7-4-3-5-8-18)25(31)19-13-15-29(16-14-19)37(32,33)23-12-11-22(27)36-23/h3-12,19H,2,13-17H2,1H3. The van der Waals surface area contributed by atoms with Crippen molar-refractivity contribution in [3.05, 3.63) is 70.6 Å². The topological polar surface area (TPSA) is 79.8 Å². The Bertz CT molecular complexity index is 1500. The molecule has 0 spiro atoms. The maximum absolute atomic E-state index is 13.9. The summed E-state index contributed by atoms with van der Waals surface area (Å²) in [5, 5.41) is 0.610. The summed E-state index contributed by atoms with van der Waals surface area (Å²) in [6.07, 6.45) is 0.884. The maximum Gasteiger partial charge on any atom is 0.252 e. The van der Waals surface area contributed by atoms with E-state index in [1.54, 1.807) is 11.0 Å². The number of para-hydroxylation sites is 1. The molecule has 0 atom stereocenters. The number of aromatic nitrogens is 1. The molecule has 11 heteroatoms. The largest absolute Gasteiger partial charge is 0.492 e. The zero-order valence-corrected chi connectivity index (χ0v) is 23.4. The summed E-state index contributed by atoms with van der Waals surface area (Å²) in [5.74, 6) is 0.347. The average molecular weight is 576 g/mol. The van der Waals surface area contributed by atoms with Gasteiger partial charge in [0.05, 0.1) is 22.2 Å². The Labute approximate surface area is 229 Å². The van der Waals surface area contributed by atoms with E-state index in [9.17, 15) is 13.2 Å². The van der Waals surface area contributed by atoms with Gasteiger partial charge in [0.15, 0.2) is 5.13 Å². The third-order valence-corrected chi connectivity index (χ3v) is 10.9. The number of hydrogen-bond acceptors (Lipinski definition) is 7. The average Bonchev–Trinajstić information content (AvgIpc) is 3.55. The van der Waals surface area contributed by atoms with E-state index in [1.807, 2.05) is 55.5 Å². The molecule has 4 aromatic rings. The number of anilines is 1. The summed E-state index contributed by atoms with van der Waals surface area (Å²) in [5.41, 5.74) is 1.74. The number of ether oxygens (including phenoxy) is 1. The van der Waals surface area contributed by atoms with Gasteiger partial charge in [0.25, 0.3) is 10.0 Å². The molecule has 0 unspecified atom stereocenters. The molecule has 194 valence electrons. The summed E-state index contributed by atoms with van der Waals surface area (Å²) in [6.45, 7) is 3.40. The lowest BCUT2D eigenvalue weighted by Crippen LogP contribution is -2.44. The monoisotopic (exact) mass is 575 g/mol. The Morgan fingerprint density at radius 2 is 1.84 bits per heavy atom. The summed E-state index contributed by atoms with van der Waals surface area (Å²) >= 11 is 8.47. The van der Waals surface area contributed by atoms with E-state index in [1.165, 1.54) is 21.7 Å². The maximum atomic E-state index is 13.9. The predicted octanol–water partition coefficient (Wildman–Crippen LogP) is 6.04. The molecule has 0 saturated carbocycles. The van der Waals surface area contributed by atoms with E-state index in [0.717, 1.165) is 27.1 Å². The molecule has 0 bridgehead atoms. The molecule has 2 aromatic heterocycles. The molecule has 5 rings (SSSR count). The molecule has 0 radical (unpaired) electrons. The van der Waals surface area contributed by atoms with Crippen molar-refractivity contribution in [2.45, 2.75) is 30.5 Å². The minimum Gasteiger partial charge on any atom is -0.492 e. The van der Waals surface area contributed by atoms with Crippen LogP contribution in [0, 0.1) is 5.92 Å². The van der Waals surface area contributed by atoms with Crippen molar-refractivity contribution in [3.8, 4) is 5.75 Å². The number of carbonyl (C=O) groups excluding carboxylic acids is 1. The summed E-state index contributed by atoms with van der Waals surface area (Å²) < 4.78 is 34.9. The molecule has 0 aliphatic carbocycles. The highest BCUT2D eigenvalue weighted by molar-refractivity contribution is 7.91. The number of carbonyl (C=O) groups is 1. The SMILES string of the molecule is CCOc1cccc2sc(N(Cc3ccccc3)C(=O)C3CCN(S(=O)(=O)c4ccc(Cl)s4)CC3)nc12. The number of fused-ring (bicyclic) bond motifs is 1. The smallest absolute Gasteiger partial charge is 0.252 e. The second kappa shape index (κ2) is 11.1. The molecule has 0 N–H and O–H groups in total. The first-order valence-electron chi connectivity index (χ1n) is 12.0. The summed E-state index contributed by atoms with van der Waals surface area (Å²) in [6, 6.07) is 18.7. The number of thiophene rings is 1. The lowest BCUT2D eigenvalue weighted by molar-refractivity contribution is -0.123. The van der Waals surface area contributed by atoms with E-state index >= 15 is 0 Å². The lowest BCUT2D eigenvalue weighted by Gasteiger charge is -2.32. The van der Waals surface area contributed by atoms with E-state index in [-0.39, 0.29) is 29.1 Å². The van der Waals surface area contributed by atoms with Gasteiger partial charge in [-0.25, -0.2) is 13.4 Å². The molecule has 37 heavy (non-hydrogen) atoms. The van der Waals surface area contributed by atoms with Crippen molar-refractivity contribution in [2.75, 3.05) is 24.6 Å². The third kappa shape index (κ3) is 5.53. The molecule has 2 aromatic carbocycles. The molecule has 1 aliphatic heterocycles. The molecule has 7 nitrogen and oxygen atoms in total. The number of sulfonamides is 1. The van der Waals surface area contributed by atoms with Gasteiger partial charge in [0.1, 0.15) is 15.5 Å².